The Morgan fingerprint density at radius 3 is 2.47 bits per heavy atom. The zero-order chi connectivity index (χ0) is 13.7. The van der Waals surface area contributed by atoms with Gasteiger partial charge in [-0.25, -0.2) is 0 Å². The Hall–Kier alpha value is -1.59. The van der Waals surface area contributed by atoms with Crippen LogP contribution in [-0.2, 0) is 28.6 Å². The summed E-state index contributed by atoms with van der Waals surface area (Å²) in [6, 6.07) is 0. The van der Waals surface area contributed by atoms with Gasteiger partial charge in [-0.15, -0.1) is 0 Å². The van der Waals surface area contributed by atoms with E-state index in [1.165, 1.54) is 13.8 Å². The number of carbonyl (C=O) groups is 3. The molecule has 0 spiro atoms. The highest BCUT2D eigenvalue weighted by Gasteiger charge is 2.66. The summed E-state index contributed by atoms with van der Waals surface area (Å²) in [6.07, 6.45) is -0.0364. The highest BCUT2D eigenvalue weighted by Crippen LogP contribution is 2.57. The van der Waals surface area contributed by atoms with Crippen LogP contribution >= 0.6 is 0 Å². The van der Waals surface area contributed by atoms with Crippen LogP contribution in [0.2, 0.25) is 0 Å². The second-order valence-electron chi connectivity index (χ2n) is 5.52. The Morgan fingerprint density at radius 2 is 1.84 bits per heavy atom. The number of rotatable bonds is 2. The van der Waals surface area contributed by atoms with Crippen molar-refractivity contribution in [2.24, 2.45) is 23.7 Å². The SMILES string of the molecule is CC(=O)O[C@H]1[C@H]2C[C@@H](OC(C)=O)[C@@H]1[C@@H]1COC(=O)[C@H]21. The molecule has 2 aliphatic carbocycles. The fourth-order valence-corrected chi connectivity index (χ4v) is 4.02. The van der Waals surface area contributed by atoms with E-state index in [0.717, 1.165) is 0 Å². The van der Waals surface area contributed by atoms with Crippen LogP contribution in [0.25, 0.3) is 0 Å². The molecule has 2 bridgehead atoms. The highest BCUT2D eigenvalue weighted by atomic mass is 16.6. The molecule has 104 valence electrons. The molecule has 6 atom stereocenters. The van der Waals surface area contributed by atoms with Crippen molar-refractivity contribution in [2.45, 2.75) is 32.5 Å². The summed E-state index contributed by atoms with van der Waals surface area (Å²) in [5.41, 5.74) is 0. The summed E-state index contributed by atoms with van der Waals surface area (Å²) in [6.45, 7) is 3.05. The zero-order valence-electron chi connectivity index (χ0n) is 10.8. The minimum absolute atomic E-state index is 0.0000463. The van der Waals surface area contributed by atoms with Crippen LogP contribution < -0.4 is 0 Å². The number of fused-ring (bicyclic) bond motifs is 5. The molecule has 2 saturated carbocycles. The summed E-state index contributed by atoms with van der Waals surface area (Å²) < 4.78 is 15.7. The predicted octanol–water partition coefficient (Wildman–Crippen LogP) is 0.289. The molecule has 1 heterocycles. The Balaban J connectivity index is 1.85. The van der Waals surface area contributed by atoms with E-state index in [9.17, 15) is 14.4 Å². The maximum Gasteiger partial charge on any atom is 0.309 e. The number of ether oxygens (including phenoxy) is 3. The number of cyclic esters (lactones) is 1. The minimum atomic E-state index is -0.364. The van der Waals surface area contributed by atoms with Gasteiger partial charge in [0.2, 0.25) is 0 Å². The molecule has 0 amide bonds. The molecule has 3 rings (SSSR count). The normalized spacial score (nSPS) is 42.7. The molecule has 6 nitrogen and oxygen atoms in total. The molecule has 3 fully saturated rings. The van der Waals surface area contributed by atoms with Crippen molar-refractivity contribution in [3.8, 4) is 0 Å². The molecule has 0 aromatic rings. The third kappa shape index (κ3) is 1.81. The lowest BCUT2D eigenvalue weighted by molar-refractivity contribution is -0.155. The monoisotopic (exact) mass is 268 g/mol. The average molecular weight is 268 g/mol. The van der Waals surface area contributed by atoms with E-state index < -0.39 is 0 Å². The molecule has 3 aliphatic rings. The average Bonchev–Trinajstić information content (AvgIpc) is 2.89. The van der Waals surface area contributed by atoms with E-state index in [4.69, 9.17) is 14.2 Å². The molecule has 1 aliphatic heterocycles. The van der Waals surface area contributed by atoms with Crippen molar-refractivity contribution in [2.75, 3.05) is 6.61 Å². The molecule has 0 radical (unpaired) electrons. The van der Waals surface area contributed by atoms with Crippen LogP contribution in [0, 0.1) is 23.7 Å². The van der Waals surface area contributed by atoms with E-state index in [2.05, 4.69) is 0 Å². The van der Waals surface area contributed by atoms with Gasteiger partial charge in [0.25, 0.3) is 0 Å². The molecule has 6 heteroatoms. The fraction of sp³-hybridized carbons (Fsp3) is 0.769. The second-order valence-corrected chi connectivity index (χ2v) is 5.52. The van der Waals surface area contributed by atoms with Crippen LogP contribution in [-0.4, -0.2) is 36.7 Å². The Bertz CT molecular complexity index is 444. The Labute approximate surface area is 110 Å². The van der Waals surface area contributed by atoms with E-state index in [0.29, 0.717) is 13.0 Å². The van der Waals surface area contributed by atoms with Crippen molar-refractivity contribution < 1.29 is 28.6 Å². The third-order valence-corrected chi connectivity index (χ3v) is 4.46. The summed E-state index contributed by atoms with van der Waals surface area (Å²) in [7, 11) is 0. The van der Waals surface area contributed by atoms with Gasteiger partial charge in [-0.2, -0.15) is 0 Å². The van der Waals surface area contributed by atoms with Crippen molar-refractivity contribution in [1.29, 1.82) is 0 Å². The third-order valence-electron chi connectivity index (χ3n) is 4.46. The maximum absolute atomic E-state index is 11.7. The first kappa shape index (κ1) is 12.4. The largest absolute Gasteiger partial charge is 0.465 e. The lowest BCUT2D eigenvalue weighted by atomic mass is 9.80. The van der Waals surface area contributed by atoms with Gasteiger partial charge >= 0.3 is 17.9 Å². The topological polar surface area (TPSA) is 78.9 Å². The molecular weight excluding hydrogens is 252 g/mol. The van der Waals surface area contributed by atoms with Gasteiger partial charge in [-0.05, 0) is 6.42 Å². The van der Waals surface area contributed by atoms with Crippen LogP contribution in [0.1, 0.15) is 20.3 Å². The van der Waals surface area contributed by atoms with E-state index in [-0.39, 0.29) is 53.8 Å². The van der Waals surface area contributed by atoms with Crippen LogP contribution in [0.15, 0.2) is 0 Å². The summed E-state index contributed by atoms with van der Waals surface area (Å²) in [5.74, 6) is -1.33. The van der Waals surface area contributed by atoms with Crippen molar-refractivity contribution in [3.63, 3.8) is 0 Å². The zero-order valence-corrected chi connectivity index (χ0v) is 10.8. The van der Waals surface area contributed by atoms with Crippen LogP contribution in [0.3, 0.4) is 0 Å². The molecular formula is C13H16O6. The van der Waals surface area contributed by atoms with Gasteiger partial charge < -0.3 is 14.2 Å². The van der Waals surface area contributed by atoms with Crippen LogP contribution in [0.4, 0.5) is 0 Å². The highest BCUT2D eigenvalue weighted by molar-refractivity contribution is 5.77. The van der Waals surface area contributed by atoms with Gasteiger partial charge in [-0.3, -0.25) is 14.4 Å². The molecule has 19 heavy (non-hydrogen) atoms. The molecule has 0 aromatic heterocycles. The predicted molar refractivity (Wildman–Crippen MR) is 60.6 cm³/mol. The number of hydrogen-bond donors (Lipinski definition) is 0. The van der Waals surface area contributed by atoms with Crippen molar-refractivity contribution >= 4 is 17.9 Å². The van der Waals surface area contributed by atoms with Gasteiger partial charge in [0, 0.05) is 31.6 Å². The smallest absolute Gasteiger partial charge is 0.309 e. The lowest BCUT2D eigenvalue weighted by Crippen LogP contribution is -2.35. The quantitative estimate of drug-likeness (QED) is 0.529. The van der Waals surface area contributed by atoms with Crippen molar-refractivity contribution in [3.05, 3.63) is 0 Å². The number of carbonyl (C=O) groups excluding carboxylic acids is 3. The first-order valence-electron chi connectivity index (χ1n) is 6.50. The fourth-order valence-electron chi connectivity index (χ4n) is 4.02. The standard InChI is InChI=1S/C13H16O6/c1-5(14)18-9-3-7-10-8(4-17-13(10)16)11(9)12(7)19-6(2)15/h7-12H,3-4H2,1-2H3/t7-,8+,9+,10+,11-,12-/m0/s1. The number of esters is 3. The van der Waals surface area contributed by atoms with Gasteiger partial charge in [0.15, 0.2) is 0 Å². The summed E-state index contributed by atoms with van der Waals surface area (Å²) in [5, 5.41) is 0. The lowest BCUT2D eigenvalue weighted by Gasteiger charge is -2.27. The molecule has 0 unspecified atom stereocenters. The first-order chi connectivity index (χ1) is 8.99. The van der Waals surface area contributed by atoms with E-state index >= 15 is 0 Å². The Kier molecular flexibility index (Phi) is 2.76. The Morgan fingerprint density at radius 1 is 1.16 bits per heavy atom. The van der Waals surface area contributed by atoms with E-state index in [1.54, 1.807) is 0 Å². The summed E-state index contributed by atoms with van der Waals surface area (Å²) in [4.78, 5) is 34.1. The minimum Gasteiger partial charge on any atom is -0.465 e. The maximum atomic E-state index is 11.7. The second kappa shape index (κ2) is 4.21. The van der Waals surface area contributed by atoms with Crippen LogP contribution in [0.5, 0.6) is 0 Å². The first-order valence-corrected chi connectivity index (χ1v) is 6.50. The van der Waals surface area contributed by atoms with Gasteiger partial charge in [0.05, 0.1) is 12.5 Å². The molecule has 0 aromatic carbocycles. The van der Waals surface area contributed by atoms with Gasteiger partial charge in [0.1, 0.15) is 12.2 Å². The van der Waals surface area contributed by atoms with Gasteiger partial charge in [-0.1, -0.05) is 0 Å². The van der Waals surface area contributed by atoms with E-state index in [1.807, 2.05) is 0 Å². The molecule has 0 N–H and O–H groups in total. The number of hydrogen-bond acceptors (Lipinski definition) is 6. The molecule has 1 saturated heterocycles. The summed E-state index contributed by atoms with van der Waals surface area (Å²) >= 11 is 0. The van der Waals surface area contributed by atoms with Crippen molar-refractivity contribution in [1.82, 2.24) is 0 Å².